The molecule has 0 bridgehead atoms. The van der Waals surface area contributed by atoms with Crippen LogP contribution in [0, 0.1) is 24.2 Å². The Morgan fingerprint density at radius 3 is 2.94 bits per heavy atom. The third kappa shape index (κ3) is 2.70. The Morgan fingerprint density at radius 2 is 2.35 bits per heavy atom. The van der Waals surface area contributed by atoms with Crippen molar-refractivity contribution in [1.82, 2.24) is 9.78 Å². The topological polar surface area (TPSA) is 38.1 Å². The standard InChI is InChI=1S/C14H20N2O/c1-3-4-5-14-13(10-17)8-15-16(14)9-12-6-11(2)7-12/h1,8,11-12,17H,4-7,9-10H2,2H3. The van der Waals surface area contributed by atoms with Crippen LogP contribution in [0.25, 0.3) is 0 Å². The number of aromatic nitrogens is 2. The summed E-state index contributed by atoms with van der Waals surface area (Å²) in [5.74, 6) is 4.26. The first-order valence-corrected chi connectivity index (χ1v) is 6.32. The average Bonchev–Trinajstić information content (AvgIpc) is 2.66. The van der Waals surface area contributed by atoms with Crippen molar-refractivity contribution in [3.63, 3.8) is 0 Å². The van der Waals surface area contributed by atoms with Crippen LogP contribution in [0.1, 0.15) is 37.4 Å². The van der Waals surface area contributed by atoms with Crippen molar-refractivity contribution in [3.05, 3.63) is 17.5 Å². The number of hydrogen-bond acceptors (Lipinski definition) is 2. The van der Waals surface area contributed by atoms with Gasteiger partial charge >= 0.3 is 0 Å². The van der Waals surface area contributed by atoms with Gasteiger partial charge in [0, 0.05) is 30.6 Å². The molecule has 1 saturated carbocycles. The summed E-state index contributed by atoms with van der Waals surface area (Å²) in [7, 11) is 0. The summed E-state index contributed by atoms with van der Waals surface area (Å²) in [5, 5.41) is 13.6. The highest BCUT2D eigenvalue weighted by molar-refractivity contribution is 5.18. The van der Waals surface area contributed by atoms with E-state index in [0.717, 1.165) is 36.1 Å². The summed E-state index contributed by atoms with van der Waals surface area (Å²) in [6.07, 6.45) is 11.2. The van der Waals surface area contributed by atoms with E-state index in [1.165, 1.54) is 12.8 Å². The van der Waals surface area contributed by atoms with Crippen molar-refractivity contribution in [3.8, 4) is 12.3 Å². The van der Waals surface area contributed by atoms with Crippen molar-refractivity contribution in [2.24, 2.45) is 11.8 Å². The number of terminal acetylenes is 1. The molecule has 1 heterocycles. The number of nitrogens with zero attached hydrogens (tertiary/aromatic N) is 2. The van der Waals surface area contributed by atoms with E-state index in [0.29, 0.717) is 6.42 Å². The second-order valence-corrected chi connectivity index (χ2v) is 5.10. The molecule has 1 aliphatic rings. The molecule has 0 unspecified atom stereocenters. The summed E-state index contributed by atoms with van der Waals surface area (Å²) < 4.78 is 2.04. The Hall–Kier alpha value is -1.27. The first-order valence-electron chi connectivity index (χ1n) is 6.32. The van der Waals surface area contributed by atoms with Crippen molar-refractivity contribution in [2.75, 3.05) is 0 Å². The highest BCUT2D eigenvalue weighted by Crippen LogP contribution is 2.34. The van der Waals surface area contributed by atoms with Crippen LogP contribution in [0.15, 0.2) is 6.20 Å². The minimum absolute atomic E-state index is 0.0565. The largest absolute Gasteiger partial charge is 0.392 e. The maximum absolute atomic E-state index is 9.27. The van der Waals surface area contributed by atoms with Gasteiger partial charge in [-0.2, -0.15) is 5.10 Å². The van der Waals surface area contributed by atoms with Gasteiger partial charge in [-0.1, -0.05) is 6.92 Å². The van der Waals surface area contributed by atoms with Gasteiger partial charge in [-0.25, -0.2) is 0 Å². The minimum atomic E-state index is 0.0565. The average molecular weight is 232 g/mol. The summed E-state index contributed by atoms with van der Waals surface area (Å²) >= 11 is 0. The zero-order valence-electron chi connectivity index (χ0n) is 10.4. The number of aliphatic hydroxyl groups is 1. The molecule has 0 radical (unpaired) electrons. The quantitative estimate of drug-likeness (QED) is 0.788. The Kier molecular flexibility index (Phi) is 3.86. The van der Waals surface area contributed by atoms with E-state index in [1.807, 2.05) is 4.68 Å². The molecule has 3 nitrogen and oxygen atoms in total. The molecule has 3 heteroatoms. The van der Waals surface area contributed by atoms with Crippen LogP contribution in [-0.4, -0.2) is 14.9 Å². The predicted octanol–water partition coefficient (Wildman–Crippen LogP) is 1.99. The fourth-order valence-corrected chi connectivity index (χ4v) is 2.68. The van der Waals surface area contributed by atoms with Crippen LogP contribution in [0.3, 0.4) is 0 Å². The van der Waals surface area contributed by atoms with Gasteiger partial charge in [-0.3, -0.25) is 4.68 Å². The molecule has 1 fully saturated rings. The monoisotopic (exact) mass is 232 g/mol. The molecule has 0 aromatic carbocycles. The normalized spacial score (nSPS) is 23.1. The second-order valence-electron chi connectivity index (χ2n) is 5.10. The molecule has 1 aromatic heterocycles. The number of aliphatic hydroxyl groups excluding tert-OH is 1. The van der Waals surface area contributed by atoms with Crippen LogP contribution < -0.4 is 0 Å². The molecular weight excluding hydrogens is 212 g/mol. The third-order valence-electron chi connectivity index (χ3n) is 3.61. The molecule has 17 heavy (non-hydrogen) atoms. The lowest BCUT2D eigenvalue weighted by molar-refractivity contribution is 0.180. The van der Waals surface area contributed by atoms with Gasteiger partial charge in [0.2, 0.25) is 0 Å². The molecule has 1 N–H and O–H groups in total. The second kappa shape index (κ2) is 5.37. The van der Waals surface area contributed by atoms with E-state index in [-0.39, 0.29) is 6.61 Å². The van der Waals surface area contributed by atoms with E-state index < -0.39 is 0 Å². The van der Waals surface area contributed by atoms with E-state index >= 15 is 0 Å². The smallest absolute Gasteiger partial charge is 0.0715 e. The van der Waals surface area contributed by atoms with Crippen LogP contribution in [0.4, 0.5) is 0 Å². The fourth-order valence-electron chi connectivity index (χ4n) is 2.68. The van der Waals surface area contributed by atoms with E-state index in [1.54, 1.807) is 6.20 Å². The zero-order valence-corrected chi connectivity index (χ0v) is 10.4. The summed E-state index contributed by atoms with van der Waals surface area (Å²) in [6.45, 7) is 3.32. The predicted molar refractivity (Wildman–Crippen MR) is 67.2 cm³/mol. The van der Waals surface area contributed by atoms with Gasteiger partial charge in [0.15, 0.2) is 0 Å². The number of rotatable bonds is 5. The van der Waals surface area contributed by atoms with Gasteiger partial charge < -0.3 is 5.11 Å². The lowest BCUT2D eigenvalue weighted by Crippen LogP contribution is -2.26. The maximum atomic E-state index is 9.27. The highest BCUT2D eigenvalue weighted by atomic mass is 16.3. The maximum Gasteiger partial charge on any atom is 0.0715 e. The van der Waals surface area contributed by atoms with Crippen LogP contribution in [-0.2, 0) is 19.6 Å². The molecule has 0 spiro atoms. The van der Waals surface area contributed by atoms with E-state index in [9.17, 15) is 5.11 Å². The highest BCUT2D eigenvalue weighted by Gasteiger charge is 2.26. The Bertz CT molecular complexity index is 410. The van der Waals surface area contributed by atoms with Gasteiger partial charge in [-0.05, 0) is 24.7 Å². The molecular formula is C14H20N2O. The van der Waals surface area contributed by atoms with Gasteiger partial charge in [0.05, 0.1) is 12.8 Å². The summed E-state index contributed by atoms with van der Waals surface area (Å²) in [6, 6.07) is 0. The van der Waals surface area contributed by atoms with Gasteiger partial charge in [-0.15, -0.1) is 12.3 Å². The molecule has 1 aliphatic carbocycles. The molecule has 92 valence electrons. The van der Waals surface area contributed by atoms with Crippen molar-refractivity contribution in [1.29, 1.82) is 0 Å². The van der Waals surface area contributed by atoms with Crippen molar-refractivity contribution >= 4 is 0 Å². The fraction of sp³-hybridized carbons (Fsp3) is 0.643. The zero-order chi connectivity index (χ0) is 12.3. The Labute approximate surface area is 103 Å². The minimum Gasteiger partial charge on any atom is -0.392 e. The lowest BCUT2D eigenvalue weighted by atomic mass is 9.76. The van der Waals surface area contributed by atoms with Crippen LogP contribution in [0.5, 0.6) is 0 Å². The molecule has 0 amide bonds. The molecule has 0 saturated heterocycles. The van der Waals surface area contributed by atoms with E-state index in [4.69, 9.17) is 6.42 Å². The van der Waals surface area contributed by atoms with Crippen molar-refractivity contribution < 1.29 is 5.11 Å². The molecule has 0 atom stereocenters. The third-order valence-corrected chi connectivity index (χ3v) is 3.61. The summed E-state index contributed by atoms with van der Waals surface area (Å²) in [5.41, 5.74) is 2.04. The van der Waals surface area contributed by atoms with Gasteiger partial charge in [0.25, 0.3) is 0 Å². The lowest BCUT2D eigenvalue weighted by Gasteiger charge is -2.32. The summed E-state index contributed by atoms with van der Waals surface area (Å²) in [4.78, 5) is 0. The molecule has 2 rings (SSSR count). The van der Waals surface area contributed by atoms with Crippen molar-refractivity contribution in [2.45, 2.75) is 45.8 Å². The Balaban J connectivity index is 2.04. The first-order chi connectivity index (χ1) is 8.24. The van der Waals surface area contributed by atoms with Crippen LogP contribution >= 0.6 is 0 Å². The van der Waals surface area contributed by atoms with Crippen LogP contribution in [0.2, 0.25) is 0 Å². The SMILES string of the molecule is C#CCCc1c(CO)cnn1CC1CC(C)C1. The first kappa shape index (κ1) is 12.2. The molecule has 0 aliphatic heterocycles. The molecule has 1 aromatic rings. The Morgan fingerprint density at radius 1 is 1.59 bits per heavy atom. The van der Waals surface area contributed by atoms with E-state index in [2.05, 4.69) is 17.9 Å². The van der Waals surface area contributed by atoms with Gasteiger partial charge in [0.1, 0.15) is 0 Å². The number of hydrogen-bond donors (Lipinski definition) is 1.